The van der Waals surface area contributed by atoms with Gasteiger partial charge < -0.3 is 14.9 Å². The van der Waals surface area contributed by atoms with E-state index in [4.69, 9.17) is 16.3 Å². The maximum atomic E-state index is 10.1. The molecule has 27 heavy (non-hydrogen) atoms. The summed E-state index contributed by atoms with van der Waals surface area (Å²) in [7, 11) is 1.68. The number of benzene rings is 2. The highest BCUT2D eigenvalue weighted by molar-refractivity contribution is 6.30. The molecule has 1 heterocycles. The Morgan fingerprint density at radius 2 is 2.00 bits per heavy atom. The maximum absolute atomic E-state index is 10.1. The third-order valence-corrected chi connectivity index (χ3v) is 5.34. The molecule has 1 atom stereocenters. The highest BCUT2D eigenvalue weighted by Crippen LogP contribution is 2.25. The number of rotatable bonds is 7. The number of phenolic OH excluding ortho intramolecular Hbond substituents is 1. The molecular formula is C21H27ClN2O3. The third-order valence-electron chi connectivity index (χ3n) is 5.11. The smallest absolute Gasteiger partial charge is 0.120 e. The standard InChI is InChI=1S/C21H27ClN2O3/c1-27-20-4-2-3-16(11-20)13-24-9-8-23(15-19(24)7-10-25)14-17-12-18(22)5-6-21(17)26/h2-6,11-12,19,25-26H,7-10,13-15H2,1H3/t19-/m1/s1. The molecule has 0 bridgehead atoms. The quantitative estimate of drug-likeness (QED) is 0.760. The molecule has 146 valence electrons. The lowest BCUT2D eigenvalue weighted by molar-refractivity contribution is 0.0496. The molecule has 2 aromatic carbocycles. The first-order valence-corrected chi connectivity index (χ1v) is 9.64. The van der Waals surface area contributed by atoms with Gasteiger partial charge in [0.1, 0.15) is 11.5 Å². The highest BCUT2D eigenvalue weighted by Gasteiger charge is 2.27. The van der Waals surface area contributed by atoms with Crippen LogP contribution in [0.2, 0.25) is 5.02 Å². The van der Waals surface area contributed by atoms with Crippen molar-refractivity contribution in [2.75, 3.05) is 33.4 Å². The number of hydrogen-bond acceptors (Lipinski definition) is 5. The number of aromatic hydroxyl groups is 1. The number of methoxy groups -OCH3 is 1. The molecule has 1 fully saturated rings. The van der Waals surface area contributed by atoms with Gasteiger partial charge in [-0.3, -0.25) is 9.80 Å². The number of hydrogen-bond donors (Lipinski definition) is 2. The molecule has 1 aliphatic heterocycles. The summed E-state index contributed by atoms with van der Waals surface area (Å²) in [5.74, 6) is 1.14. The monoisotopic (exact) mass is 390 g/mol. The van der Waals surface area contributed by atoms with E-state index in [1.165, 1.54) is 5.56 Å². The Morgan fingerprint density at radius 3 is 2.78 bits per heavy atom. The SMILES string of the molecule is COc1cccc(CN2CCN(Cc3cc(Cl)ccc3O)C[C@H]2CCO)c1. The van der Waals surface area contributed by atoms with E-state index in [9.17, 15) is 10.2 Å². The summed E-state index contributed by atoms with van der Waals surface area (Å²) >= 11 is 6.07. The minimum absolute atomic E-state index is 0.162. The second-order valence-electron chi connectivity index (χ2n) is 7.00. The van der Waals surface area contributed by atoms with E-state index < -0.39 is 0 Å². The summed E-state index contributed by atoms with van der Waals surface area (Å²) in [6.45, 7) is 4.30. The molecule has 2 N–H and O–H groups in total. The van der Waals surface area contributed by atoms with E-state index in [2.05, 4.69) is 21.9 Å². The van der Waals surface area contributed by atoms with Crippen molar-refractivity contribution in [3.05, 3.63) is 58.6 Å². The second-order valence-corrected chi connectivity index (χ2v) is 7.43. The maximum Gasteiger partial charge on any atom is 0.120 e. The van der Waals surface area contributed by atoms with Crippen LogP contribution >= 0.6 is 11.6 Å². The van der Waals surface area contributed by atoms with Gasteiger partial charge in [0.05, 0.1) is 7.11 Å². The van der Waals surface area contributed by atoms with Gasteiger partial charge in [0.25, 0.3) is 0 Å². The second kappa shape index (κ2) is 9.42. The largest absolute Gasteiger partial charge is 0.508 e. The minimum atomic E-state index is 0.162. The molecule has 1 aliphatic rings. The lowest BCUT2D eigenvalue weighted by Gasteiger charge is -2.41. The van der Waals surface area contributed by atoms with E-state index >= 15 is 0 Å². The van der Waals surface area contributed by atoms with Gasteiger partial charge in [-0.15, -0.1) is 0 Å². The van der Waals surface area contributed by atoms with Gasteiger partial charge in [-0.05, 0) is 42.3 Å². The number of phenols is 1. The summed E-state index contributed by atoms with van der Waals surface area (Å²) in [6.07, 6.45) is 0.724. The van der Waals surface area contributed by atoms with Crippen LogP contribution in [0.25, 0.3) is 0 Å². The van der Waals surface area contributed by atoms with E-state index in [-0.39, 0.29) is 18.4 Å². The molecule has 5 nitrogen and oxygen atoms in total. The van der Waals surface area contributed by atoms with Gasteiger partial charge in [0, 0.05) is 56.0 Å². The Bertz CT molecular complexity index is 756. The Labute approximate surface area is 165 Å². The van der Waals surface area contributed by atoms with Crippen LogP contribution in [-0.4, -0.2) is 59.4 Å². The van der Waals surface area contributed by atoms with Crippen LogP contribution in [0.3, 0.4) is 0 Å². The molecule has 6 heteroatoms. The normalized spacial score (nSPS) is 18.6. The molecular weight excluding hydrogens is 364 g/mol. The zero-order valence-corrected chi connectivity index (χ0v) is 16.4. The van der Waals surface area contributed by atoms with Gasteiger partial charge in [-0.25, -0.2) is 0 Å². The Morgan fingerprint density at radius 1 is 1.15 bits per heavy atom. The Hall–Kier alpha value is -1.79. The fourth-order valence-electron chi connectivity index (χ4n) is 3.66. The van der Waals surface area contributed by atoms with Crippen molar-refractivity contribution in [1.29, 1.82) is 0 Å². The summed E-state index contributed by atoms with van der Waals surface area (Å²) in [6, 6.07) is 13.5. The lowest BCUT2D eigenvalue weighted by Crippen LogP contribution is -2.52. The summed E-state index contributed by atoms with van der Waals surface area (Å²) < 4.78 is 5.32. The van der Waals surface area contributed by atoms with E-state index in [0.29, 0.717) is 11.6 Å². The van der Waals surface area contributed by atoms with Crippen molar-refractivity contribution in [3.8, 4) is 11.5 Å². The number of piperazine rings is 1. The number of halogens is 1. The zero-order chi connectivity index (χ0) is 19.2. The van der Waals surface area contributed by atoms with E-state index in [0.717, 1.165) is 43.9 Å². The third kappa shape index (κ3) is 5.36. The topological polar surface area (TPSA) is 56.2 Å². The first-order chi connectivity index (χ1) is 13.1. The molecule has 2 aromatic rings. The van der Waals surface area contributed by atoms with Crippen LogP contribution in [0, 0.1) is 0 Å². The van der Waals surface area contributed by atoms with Crippen LogP contribution in [0.4, 0.5) is 0 Å². The Balaban J connectivity index is 1.66. The predicted octanol–water partition coefficient (Wildman–Crippen LogP) is 3.12. The first-order valence-electron chi connectivity index (χ1n) is 9.26. The van der Waals surface area contributed by atoms with Gasteiger partial charge >= 0.3 is 0 Å². The van der Waals surface area contributed by atoms with Crippen molar-refractivity contribution < 1.29 is 14.9 Å². The number of nitrogens with zero attached hydrogens (tertiary/aromatic N) is 2. The first kappa shape index (κ1) is 20.0. The molecule has 0 saturated carbocycles. The lowest BCUT2D eigenvalue weighted by atomic mass is 10.1. The summed E-state index contributed by atoms with van der Waals surface area (Å²) in [4.78, 5) is 4.73. The fraction of sp³-hybridized carbons (Fsp3) is 0.429. The molecule has 0 unspecified atom stereocenters. The molecule has 0 aromatic heterocycles. The molecule has 1 saturated heterocycles. The molecule has 0 spiro atoms. The van der Waals surface area contributed by atoms with E-state index in [1.54, 1.807) is 19.2 Å². The minimum Gasteiger partial charge on any atom is -0.508 e. The fourth-order valence-corrected chi connectivity index (χ4v) is 3.85. The number of ether oxygens (including phenoxy) is 1. The summed E-state index contributed by atoms with van der Waals surface area (Å²) in [5.41, 5.74) is 2.05. The summed E-state index contributed by atoms with van der Waals surface area (Å²) in [5, 5.41) is 20.2. The van der Waals surface area contributed by atoms with Crippen molar-refractivity contribution >= 4 is 11.6 Å². The van der Waals surface area contributed by atoms with Gasteiger partial charge in [-0.1, -0.05) is 23.7 Å². The van der Waals surface area contributed by atoms with Crippen LogP contribution in [-0.2, 0) is 13.1 Å². The molecule has 0 aliphatic carbocycles. The number of aliphatic hydroxyl groups is 1. The Kier molecular flexibility index (Phi) is 6.96. The van der Waals surface area contributed by atoms with Crippen molar-refractivity contribution in [2.45, 2.75) is 25.6 Å². The van der Waals surface area contributed by atoms with Gasteiger partial charge in [0.2, 0.25) is 0 Å². The van der Waals surface area contributed by atoms with Crippen LogP contribution in [0.15, 0.2) is 42.5 Å². The average molecular weight is 391 g/mol. The van der Waals surface area contributed by atoms with Crippen molar-refractivity contribution in [3.63, 3.8) is 0 Å². The predicted molar refractivity (Wildman–Crippen MR) is 107 cm³/mol. The van der Waals surface area contributed by atoms with Gasteiger partial charge in [0.15, 0.2) is 0 Å². The van der Waals surface area contributed by atoms with E-state index in [1.807, 2.05) is 18.2 Å². The van der Waals surface area contributed by atoms with Crippen LogP contribution in [0.1, 0.15) is 17.5 Å². The molecule has 0 radical (unpaired) electrons. The molecule has 3 rings (SSSR count). The van der Waals surface area contributed by atoms with Crippen molar-refractivity contribution in [2.24, 2.45) is 0 Å². The average Bonchev–Trinajstić information content (AvgIpc) is 2.67. The van der Waals surface area contributed by atoms with Gasteiger partial charge in [-0.2, -0.15) is 0 Å². The number of aliphatic hydroxyl groups excluding tert-OH is 1. The molecule has 0 amide bonds. The highest BCUT2D eigenvalue weighted by atomic mass is 35.5. The zero-order valence-electron chi connectivity index (χ0n) is 15.6. The van der Waals surface area contributed by atoms with Crippen molar-refractivity contribution in [1.82, 2.24) is 9.80 Å². The van der Waals surface area contributed by atoms with Crippen LogP contribution < -0.4 is 4.74 Å². The van der Waals surface area contributed by atoms with Crippen LogP contribution in [0.5, 0.6) is 11.5 Å².